The topological polar surface area (TPSA) is 246 Å². The third-order valence-electron chi connectivity index (χ3n) is 0.566. The molecule has 13 nitrogen and oxygen atoms in total. The molecule has 1 heterocycles. The van der Waals surface area contributed by atoms with Crippen LogP contribution in [0.1, 0.15) is 0 Å². The van der Waals surface area contributed by atoms with Gasteiger partial charge in [-0.1, -0.05) is 6.07 Å². The highest BCUT2D eigenvalue weighted by Gasteiger charge is 2.01. The zero-order chi connectivity index (χ0) is 17.7. The second kappa shape index (κ2) is 12.1. The van der Waals surface area contributed by atoms with Gasteiger partial charge in [0.2, 0.25) is 0 Å². The number of nitrogens with zero attached hydrogens (tertiary/aromatic N) is 1. The summed E-state index contributed by atoms with van der Waals surface area (Å²) >= 11 is 0. The number of phosphoric acid groups is 3. The fourth-order valence-corrected chi connectivity index (χ4v) is 0.313. The number of aromatic nitrogens is 1. The Morgan fingerprint density at radius 2 is 0.714 bits per heavy atom. The molecule has 16 heteroatoms. The Hall–Kier alpha value is -0.520. The van der Waals surface area contributed by atoms with Crippen LogP contribution in [0.25, 0.3) is 0 Å². The molecule has 0 fully saturated rings. The van der Waals surface area contributed by atoms with Crippen molar-refractivity contribution in [3.05, 3.63) is 30.6 Å². The van der Waals surface area contributed by atoms with E-state index in [0.29, 0.717) is 0 Å². The van der Waals surface area contributed by atoms with Gasteiger partial charge in [0.25, 0.3) is 0 Å². The highest BCUT2D eigenvalue weighted by Crippen LogP contribution is 2.26. The smallest absolute Gasteiger partial charge is 0.303 e. The molecule has 0 saturated heterocycles. The van der Waals surface area contributed by atoms with E-state index in [1.54, 1.807) is 12.4 Å². The van der Waals surface area contributed by atoms with E-state index in [1.165, 1.54) is 0 Å². The van der Waals surface area contributed by atoms with Gasteiger partial charge in [0.05, 0.1) is 0 Å². The van der Waals surface area contributed by atoms with Gasteiger partial charge in [-0.25, -0.2) is 13.7 Å². The normalized spacial score (nSPS) is 10.7. The molecule has 0 radical (unpaired) electrons. The van der Waals surface area contributed by atoms with Crippen LogP contribution in [-0.2, 0) is 13.7 Å². The van der Waals surface area contributed by atoms with E-state index in [2.05, 4.69) is 4.98 Å². The van der Waals surface area contributed by atoms with Gasteiger partial charge in [0.15, 0.2) is 0 Å². The van der Waals surface area contributed by atoms with E-state index in [9.17, 15) is 0 Å². The van der Waals surface area contributed by atoms with Gasteiger partial charge >= 0.3 is 23.5 Å². The largest absolute Gasteiger partial charge is 0.466 e. The summed E-state index contributed by atoms with van der Waals surface area (Å²) < 4.78 is 26.6. The van der Waals surface area contributed by atoms with Crippen LogP contribution < -0.4 is 0 Å². The van der Waals surface area contributed by atoms with Gasteiger partial charge in [-0.05, 0) is 12.1 Å². The predicted molar refractivity (Wildman–Crippen MR) is 67.0 cm³/mol. The molecular formula is C5H14NO12P3. The summed E-state index contributed by atoms with van der Waals surface area (Å²) in [6, 6.07) is 5.72. The van der Waals surface area contributed by atoms with Crippen molar-refractivity contribution < 1.29 is 57.7 Å². The number of hydrogen-bond donors (Lipinski definition) is 9. The first kappa shape index (κ1) is 25.4. The maximum Gasteiger partial charge on any atom is 0.466 e. The lowest BCUT2D eigenvalue weighted by atomic mass is 10.5. The van der Waals surface area contributed by atoms with Crippen LogP contribution in [0.2, 0.25) is 0 Å². The molecule has 0 aliphatic rings. The monoisotopic (exact) mass is 373 g/mol. The molecule has 9 N–H and O–H groups in total. The summed E-state index contributed by atoms with van der Waals surface area (Å²) in [6.07, 6.45) is 3.50. The minimum Gasteiger partial charge on any atom is -0.303 e. The molecule has 1 aromatic heterocycles. The third kappa shape index (κ3) is 198. The number of rotatable bonds is 0. The Morgan fingerprint density at radius 1 is 0.524 bits per heavy atom. The van der Waals surface area contributed by atoms with Gasteiger partial charge in [-0.3, -0.25) is 4.98 Å². The van der Waals surface area contributed by atoms with E-state index in [0.717, 1.165) is 0 Å². The average Bonchev–Trinajstić information content (AvgIpc) is 2.12. The molecule has 1 rings (SSSR count). The summed E-state index contributed by atoms with van der Waals surface area (Å²) in [7, 11) is -13.9. The van der Waals surface area contributed by atoms with Crippen molar-refractivity contribution in [1.82, 2.24) is 4.98 Å². The zero-order valence-electron chi connectivity index (χ0n) is 9.93. The van der Waals surface area contributed by atoms with Crippen molar-refractivity contribution in [2.75, 3.05) is 0 Å². The molecule has 1 aromatic rings. The van der Waals surface area contributed by atoms with Crippen molar-refractivity contribution in [2.24, 2.45) is 0 Å². The molecule has 0 atom stereocenters. The minimum atomic E-state index is -4.64. The van der Waals surface area contributed by atoms with Gasteiger partial charge in [0, 0.05) is 12.4 Å². The minimum absolute atomic E-state index is 1.75. The molecule has 21 heavy (non-hydrogen) atoms. The fraction of sp³-hybridized carbons (Fsp3) is 0. The quantitative estimate of drug-likeness (QED) is 0.230. The first-order chi connectivity index (χ1) is 9.00. The lowest BCUT2D eigenvalue weighted by molar-refractivity contribution is 0.272. The van der Waals surface area contributed by atoms with Crippen LogP contribution in [0.5, 0.6) is 0 Å². The van der Waals surface area contributed by atoms with E-state index in [1.807, 2.05) is 18.2 Å². The van der Waals surface area contributed by atoms with E-state index in [-0.39, 0.29) is 0 Å². The average molecular weight is 373 g/mol. The lowest BCUT2D eigenvalue weighted by Crippen LogP contribution is -1.66. The Bertz CT molecular complexity index is 376. The Morgan fingerprint density at radius 3 is 0.762 bits per heavy atom. The van der Waals surface area contributed by atoms with Crippen LogP contribution in [0, 0.1) is 0 Å². The van der Waals surface area contributed by atoms with Crippen LogP contribution in [0.4, 0.5) is 0 Å². The molecular weight excluding hydrogens is 359 g/mol. The number of hydrogen-bond acceptors (Lipinski definition) is 4. The standard InChI is InChI=1S/C5H5N.3H3O4P/c1-2-4-6-5-3-1;3*1-5(2,3)4/h1-5H;3*(H3,1,2,3,4). The van der Waals surface area contributed by atoms with Crippen LogP contribution >= 0.6 is 23.5 Å². The fourth-order valence-electron chi connectivity index (χ4n) is 0.313. The van der Waals surface area contributed by atoms with Crippen LogP contribution in [-0.4, -0.2) is 49.0 Å². The molecule has 0 aliphatic heterocycles. The lowest BCUT2D eigenvalue weighted by Gasteiger charge is -1.82. The van der Waals surface area contributed by atoms with Gasteiger partial charge in [-0.2, -0.15) is 0 Å². The first-order valence-electron chi connectivity index (χ1n) is 4.20. The van der Waals surface area contributed by atoms with Gasteiger partial charge < -0.3 is 44.0 Å². The molecule has 0 saturated carbocycles. The van der Waals surface area contributed by atoms with E-state index in [4.69, 9.17) is 57.7 Å². The van der Waals surface area contributed by atoms with Crippen LogP contribution in [0.3, 0.4) is 0 Å². The number of pyridine rings is 1. The molecule has 0 spiro atoms. The van der Waals surface area contributed by atoms with Gasteiger partial charge in [-0.15, -0.1) is 0 Å². The Balaban J connectivity index is -0.000000207. The van der Waals surface area contributed by atoms with Crippen molar-refractivity contribution in [3.63, 3.8) is 0 Å². The molecule has 126 valence electrons. The molecule has 0 bridgehead atoms. The predicted octanol–water partition coefficient (Wildman–Crippen LogP) is -1.70. The second-order valence-corrected chi connectivity index (χ2v) is 5.64. The maximum absolute atomic E-state index is 8.88. The molecule has 0 unspecified atom stereocenters. The highest BCUT2D eigenvalue weighted by molar-refractivity contribution is 7.45. The highest BCUT2D eigenvalue weighted by atomic mass is 31.2. The summed E-state index contributed by atoms with van der Waals surface area (Å²) in [4.78, 5) is 68.5. The first-order valence-corrected chi connectivity index (χ1v) is 8.89. The van der Waals surface area contributed by atoms with Crippen molar-refractivity contribution in [3.8, 4) is 0 Å². The van der Waals surface area contributed by atoms with Crippen molar-refractivity contribution in [2.45, 2.75) is 0 Å². The van der Waals surface area contributed by atoms with Crippen LogP contribution in [0.15, 0.2) is 30.6 Å². The molecule has 0 amide bonds. The summed E-state index contributed by atoms with van der Waals surface area (Å²) in [6.45, 7) is 0. The molecule has 0 aromatic carbocycles. The van der Waals surface area contributed by atoms with E-state index >= 15 is 0 Å². The second-order valence-electron chi connectivity index (χ2n) is 2.56. The summed E-state index contributed by atoms with van der Waals surface area (Å²) in [5.74, 6) is 0. The third-order valence-corrected chi connectivity index (χ3v) is 0.566. The SMILES string of the molecule is O=P(O)(O)O.O=P(O)(O)O.O=P(O)(O)O.c1ccncc1. The van der Waals surface area contributed by atoms with E-state index < -0.39 is 23.5 Å². The Kier molecular flexibility index (Phi) is 14.6. The zero-order valence-corrected chi connectivity index (χ0v) is 12.6. The maximum atomic E-state index is 8.88. The summed E-state index contributed by atoms with van der Waals surface area (Å²) in [5, 5.41) is 0. The van der Waals surface area contributed by atoms with Crippen molar-refractivity contribution >= 4 is 23.5 Å². The van der Waals surface area contributed by atoms with Crippen molar-refractivity contribution in [1.29, 1.82) is 0 Å². The molecule has 0 aliphatic carbocycles. The summed E-state index contributed by atoms with van der Waals surface area (Å²) in [5.41, 5.74) is 0. The Labute approximate surface area is 117 Å². The van der Waals surface area contributed by atoms with Gasteiger partial charge in [0.1, 0.15) is 0 Å².